The Balaban J connectivity index is 2.91. The Morgan fingerprint density at radius 3 is 2.46 bits per heavy atom. The molecule has 0 aliphatic carbocycles. The second-order valence-electron chi connectivity index (χ2n) is 2.53. The molecule has 1 nitrogen and oxygen atoms in total. The number of alkyl halides is 3. The highest BCUT2D eigenvalue weighted by Crippen LogP contribution is 2.31. The second-order valence-corrected chi connectivity index (χ2v) is 3.91. The molecule has 1 aromatic carbocycles. The van der Waals surface area contributed by atoms with Crippen LogP contribution in [0.4, 0.5) is 8.78 Å². The molecule has 0 N–H and O–H groups in total. The van der Waals surface area contributed by atoms with Crippen molar-refractivity contribution in [1.29, 1.82) is 0 Å². The van der Waals surface area contributed by atoms with E-state index in [1.807, 2.05) is 6.92 Å². The lowest BCUT2D eigenvalue weighted by atomic mass is 10.1. The summed E-state index contributed by atoms with van der Waals surface area (Å²) in [6.07, 6.45) is 0. The summed E-state index contributed by atoms with van der Waals surface area (Å²) in [6.45, 7) is -0.916. The average Bonchev–Trinajstić information content (AvgIpc) is 2.03. The van der Waals surface area contributed by atoms with E-state index < -0.39 is 6.61 Å². The van der Waals surface area contributed by atoms with E-state index in [1.165, 1.54) is 6.07 Å². The van der Waals surface area contributed by atoms with Crippen molar-refractivity contribution in [2.24, 2.45) is 0 Å². The number of rotatable bonds is 3. The molecule has 13 heavy (non-hydrogen) atoms. The molecule has 0 saturated heterocycles. The summed E-state index contributed by atoms with van der Waals surface area (Å²) in [5.74, 6) is 0.224. The summed E-state index contributed by atoms with van der Waals surface area (Å²) in [5, 5.41) is 0. The number of ether oxygens (including phenoxy) is 1. The van der Waals surface area contributed by atoms with E-state index >= 15 is 0 Å². The maximum atomic E-state index is 11.9. The van der Waals surface area contributed by atoms with E-state index in [-0.39, 0.29) is 10.6 Å². The minimum absolute atomic E-state index is 0.00227. The molecule has 0 radical (unpaired) electrons. The Labute approximate surface area is 83.8 Å². The van der Waals surface area contributed by atoms with Crippen molar-refractivity contribution in [1.82, 2.24) is 0 Å². The Kier molecular flexibility index (Phi) is 3.66. The highest BCUT2D eigenvalue weighted by atomic mass is 79.9. The Morgan fingerprint density at radius 1 is 1.31 bits per heavy atom. The molecular formula is C9H9BrF2O. The van der Waals surface area contributed by atoms with Gasteiger partial charge in [-0.25, -0.2) is 0 Å². The fourth-order valence-electron chi connectivity index (χ4n) is 1.01. The van der Waals surface area contributed by atoms with Gasteiger partial charge in [-0.05, 0) is 13.0 Å². The summed E-state index contributed by atoms with van der Waals surface area (Å²) >= 11 is 3.30. The van der Waals surface area contributed by atoms with E-state index in [1.54, 1.807) is 18.2 Å². The van der Waals surface area contributed by atoms with E-state index in [0.717, 1.165) is 5.56 Å². The zero-order valence-corrected chi connectivity index (χ0v) is 8.59. The summed E-state index contributed by atoms with van der Waals surface area (Å²) in [7, 11) is 0. The minimum Gasteiger partial charge on any atom is -0.435 e. The van der Waals surface area contributed by atoms with Gasteiger partial charge in [0.15, 0.2) is 0 Å². The van der Waals surface area contributed by atoms with Crippen molar-refractivity contribution < 1.29 is 13.5 Å². The summed E-state index contributed by atoms with van der Waals surface area (Å²) < 4.78 is 28.2. The molecule has 72 valence electrons. The largest absolute Gasteiger partial charge is 0.435 e. The van der Waals surface area contributed by atoms with Gasteiger partial charge >= 0.3 is 6.61 Å². The fraction of sp³-hybridized carbons (Fsp3) is 0.333. The minimum atomic E-state index is -2.77. The summed E-state index contributed by atoms with van der Waals surface area (Å²) in [4.78, 5) is 0.00227. The Morgan fingerprint density at radius 2 is 1.92 bits per heavy atom. The van der Waals surface area contributed by atoms with Crippen LogP contribution < -0.4 is 4.74 Å². The van der Waals surface area contributed by atoms with E-state index in [2.05, 4.69) is 20.7 Å². The van der Waals surface area contributed by atoms with Crippen molar-refractivity contribution in [3.05, 3.63) is 29.8 Å². The molecule has 1 rings (SSSR count). The SMILES string of the molecule is CC(Br)c1ccccc1OC(F)F. The van der Waals surface area contributed by atoms with Crippen molar-refractivity contribution in [3.8, 4) is 5.75 Å². The second kappa shape index (κ2) is 4.56. The lowest BCUT2D eigenvalue weighted by molar-refractivity contribution is -0.0504. The van der Waals surface area contributed by atoms with Gasteiger partial charge in [-0.15, -0.1) is 0 Å². The van der Waals surface area contributed by atoms with Gasteiger partial charge in [0.05, 0.1) is 0 Å². The molecule has 0 saturated carbocycles. The number of halogens is 3. The highest BCUT2D eigenvalue weighted by Gasteiger charge is 2.11. The third-order valence-electron chi connectivity index (χ3n) is 1.56. The van der Waals surface area contributed by atoms with Crippen molar-refractivity contribution in [2.45, 2.75) is 18.4 Å². The predicted octanol–water partition coefficient (Wildman–Crippen LogP) is 3.74. The number of benzene rings is 1. The standard InChI is InChI=1S/C9H9BrF2O/c1-6(10)7-4-2-3-5-8(7)13-9(11)12/h2-6,9H,1H3. The first-order valence-corrected chi connectivity index (χ1v) is 4.70. The van der Waals surface area contributed by atoms with Crippen LogP contribution in [0.25, 0.3) is 0 Å². The molecule has 0 amide bonds. The Hall–Kier alpha value is -0.640. The highest BCUT2D eigenvalue weighted by molar-refractivity contribution is 9.09. The molecular weight excluding hydrogens is 242 g/mol. The van der Waals surface area contributed by atoms with Gasteiger partial charge in [0.25, 0.3) is 0 Å². The van der Waals surface area contributed by atoms with Crippen molar-refractivity contribution in [3.63, 3.8) is 0 Å². The van der Waals surface area contributed by atoms with Gasteiger partial charge in [0, 0.05) is 10.4 Å². The van der Waals surface area contributed by atoms with Crippen LogP contribution in [0, 0.1) is 0 Å². The van der Waals surface area contributed by atoms with Crippen LogP contribution in [0.3, 0.4) is 0 Å². The lowest BCUT2D eigenvalue weighted by Crippen LogP contribution is -2.04. The number of para-hydroxylation sites is 1. The van der Waals surface area contributed by atoms with Gasteiger partial charge in [-0.1, -0.05) is 34.1 Å². The van der Waals surface area contributed by atoms with E-state index in [0.29, 0.717) is 0 Å². The predicted molar refractivity (Wildman–Crippen MR) is 50.4 cm³/mol. The monoisotopic (exact) mass is 250 g/mol. The van der Waals surface area contributed by atoms with Crippen LogP contribution in [-0.4, -0.2) is 6.61 Å². The molecule has 1 unspecified atom stereocenters. The summed E-state index contributed by atoms with van der Waals surface area (Å²) in [6, 6.07) is 6.72. The van der Waals surface area contributed by atoms with Crippen molar-refractivity contribution in [2.75, 3.05) is 0 Å². The first-order valence-electron chi connectivity index (χ1n) is 3.79. The smallest absolute Gasteiger partial charge is 0.387 e. The zero-order valence-electron chi connectivity index (χ0n) is 7.01. The van der Waals surface area contributed by atoms with Gasteiger partial charge in [-0.3, -0.25) is 0 Å². The molecule has 0 fully saturated rings. The fourth-order valence-corrected chi connectivity index (χ4v) is 1.39. The molecule has 0 aliphatic heterocycles. The van der Waals surface area contributed by atoms with Crippen LogP contribution in [0.1, 0.15) is 17.3 Å². The van der Waals surface area contributed by atoms with Gasteiger partial charge < -0.3 is 4.74 Å². The van der Waals surface area contributed by atoms with Gasteiger partial charge in [0.1, 0.15) is 5.75 Å². The molecule has 1 atom stereocenters. The third-order valence-corrected chi connectivity index (χ3v) is 2.06. The van der Waals surface area contributed by atoms with E-state index in [4.69, 9.17) is 0 Å². The first kappa shape index (κ1) is 10.4. The quantitative estimate of drug-likeness (QED) is 0.743. The first-order chi connectivity index (χ1) is 6.11. The average molecular weight is 251 g/mol. The van der Waals surface area contributed by atoms with Crippen LogP contribution in [0.15, 0.2) is 24.3 Å². The van der Waals surface area contributed by atoms with Gasteiger partial charge in [-0.2, -0.15) is 8.78 Å². The van der Waals surface area contributed by atoms with Crippen LogP contribution >= 0.6 is 15.9 Å². The molecule has 0 heterocycles. The van der Waals surface area contributed by atoms with E-state index in [9.17, 15) is 8.78 Å². The van der Waals surface area contributed by atoms with Crippen molar-refractivity contribution >= 4 is 15.9 Å². The van der Waals surface area contributed by atoms with Gasteiger partial charge in [0.2, 0.25) is 0 Å². The Bertz CT molecular complexity index is 276. The zero-order chi connectivity index (χ0) is 9.84. The maximum Gasteiger partial charge on any atom is 0.387 e. The maximum absolute atomic E-state index is 11.9. The molecule has 0 spiro atoms. The topological polar surface area (TPSA) is 9.23 Å². The molecule has 0 aliphatic rings. The third kappa shape index (κ3) is 2.95. The van der Waals surface area contributed by atoms with Crippen LogP contribution in [0.2, 0.25) is 0 Å². The molecule has 1 aromatic rings. The molecule has 4 heteroatoms. The summed E-state index contributed by atoms with van der Waals surface area (Å²) in [5.41, 5.74) is 0.725. The number of hydrogen-bond donors (Lipinski definition) is 0. The van der Waals surface area contributed by atoms with Crippen LogP contribution in [0.5, 0.6) is 5.75 Å². The normalized spacial score (nSPS) is 13.0. The number of hydrogen-bond acceptors (Lipinski definition) is 1. The molecule has 0 bridgehead atoms. The van der Waals surface area contributed by atoms with Crippen LogP contribution in [-0.2, 0) is 0 Å². The molecule has 0 aromatic heterocycles. The lowest BCUT2D eigenvalue weighted by Gasteiger charge is -2.11.